The van der Waals surface area contributed by atoms with Crippen molar-refractivity contribution < 1.29 is 13.2 Å². The lowest BCUT2D eigenvalue weighted by Crippen LogP contribution is -2.32. The van der Waals surface area contributed by atoms with Crippen LogP contribution in [0.4, 0.5) is 5.69 Å². The van der Waals surface area contributed by atoms with E-state index in [2.05, 4.69) is 44.6 Å². The molecule has 1 saturated heterocycles. The number of ether oxygens (including phenoxy) is 1. The van der Waals surface area contributed by atoms with Crippen LogP contribution in [-0.2, 0) is 10.0 Å². The average molecular weight is 467 g/mol. The molecular formula is C21H27BrN2O3S. The Hall–Kier alpha value is -1.57. The van der Waals surface area contributed by atoms with E-state index in [0.29, 0.717) is 10.2 Å². The van der Waals surface area contributed by atoms with E-state index in [1.165, 1.54) is 25.6 Å². The zero-order valence-corrected chi connectivity index (χ0v) is 18.9. The maximum absolute atomic E-state index is 12.9. The van der Waals surface area contributed by atoms with Crippen LogP contribution in [0.2, 0.25) is 0 Å². The van der Waals surface area contributed by atoms with Crippen LogP contribution in [0.3, 0.4) is 0 Å². The zero-order chi connectivity index (χ0) is 20.3. The molecule has 3 rings (SSSR count). The molecule has 1 fully saturated rings. The third-order valence-corrected chi connectivity index (χ3v) is 7.34. The molecule has 0 spiro atoms. The van der Waals surface area contributed by atoms with Gasteiger partial charge in [0.1, 0.15) is 10.6 Å². The SMILES string of the molecule is COc1ccc(Br)cc1S(=O)(=O)N[C@H](C)c1ccc(N2CCC(C)CC2)cc1. The predicted molar refractivity (Wildman–Crippen MR) is 116 cm³/mol. The van der Waals surface area contributed by atoms with Crippen molar-refractivity contribution in [2.24, 2.45) is 5.92 Å². The Bertz CT molecular complexity index is 908. The van der Waals surface area contributed by atoms with Gasteiger partial charge in [-0.25, -0.2) is 13.1 Å². The summed E-state index contributed by atoms with van der Waals surface area (Å²) in [6.07, 6.45) is 2.43. The van der Waals surface area contributed by atoms with Gasteiger partial charge in [0.05, 0.1) is 7.11 Å². The third kappa shape index (κ3) is 4.88. The highest BCUT2D eigenvalue weighted by atomic mass is 79.9. The molecule has 1 aliphatic rings. The van der Waals surface area contributed by atoms with Crippen molar-refractivity contribution in [1.29, 1.82) is 0 Å². The van der Waals surface area contributed by atoms with Crippen molar-refractivity contribution in [2.45, 2.75) is 37.6 Å². The highest BCUT2D eigenvalue weighted by Crippen LogP contribution is 2.29. The fraction of sp³-hybridized carbons (Fsp3) is 0.429. The van der Waals surface area contributed by atoms with Gasteiger partial charge in [0.2, 0.25) is 10.0 Å². The molecule has 0 aromatic heterocycles. The van der Waals surface area contributed by atoms with Gasteiger partial charge >= 0.3 is 0 Å². The zero-order valence-electron chi connectivity index (χ0n) is 16.5. The van der Waals surface area contributed by atoms with E-state index < -0.39 is 10.0 Å². The van der Waals surface area contributed by atoms with Gasteiger partial charge < -0.3 is 9.64 Å². The van der Waals surface area contributed by atoms with Crippen LogP contribution in [-0.4, -0.2) is 28.6 Å². The van der Waals surface area contributed by atoms with Crippen molar-refractivity contribution in [2.75, 3.05) is 25.1 Å². The van der Waals surface area contributed by atoms with Gasteiger partial charge in [-0.05, 0) is 61.6 Å². The molecule has 0 aliphatic carbocycles. The third-order valence-electron chi connectivity index (χ3n) is 5.29. The van der Waals surface area contributed by atoms with Crippen LogP contribution in [0, 0.1) is 5.92 Å². The molecule has 1 aliphatic heterocycles. The number of rotatable bonds is 6. The molecule has 2 aromatic carbocycles. The first-order valence-corrected chi connectivity index (χ1v) is 11.8. The Morgan fingerprint density at radius 2 is 1.79 bits per heavy atom. The van der Waals surface area contributed by atoms with Crippen LogP contribution in [0.1, 0.15) is 38.3 Å². The van der Waals surface area contributed by atoms with E-state index in [1.807, 2.05) is 19.1 Å². The maximum Gasteiger partial charge on any atom is 0.244 e. The maximum atomic E-state index is 12.9. The van der Waals surface area contributed by atoms with Gasteiger partial charge in [-0.2, -0.15) is 0 Å². The lowest BCUT2D eigenvalue weighted by Gasteiger charge is -2.32. The summed E-state index contributed by atoms with van der Waals surface area (Å²) >= 11 is 3.33. The molecular weight excluding hydrogens is 440 g/mol. The number of piperidine rings is 1. The molecule has 1 atom stereocenters. The highest BCUT2D eigenvalue weighted by Gasteiger charge is 2.23. The first-order valence-electron chi connectivity index (χ1n) is 9.51. The number of nitrogens with zero attached hydrogens (tertiary/aromatic N) is 1. The van der Waals surface area contributed by atoms with Crippen molar-refractivity contribution in [1.82, 2.24) is 4.72 Å². The standard InChI is InChI=1S/C21H27BrN2O3S/c1-15-10-12-24(13-11-15)19-7-4-17(5-8-19)16(2)23-28(25,26)21-14-18(22)6-9-20(21)27-3/h4-9,14-16,23H,10-13H2,1-3H3/t16-/m1/s1. The highest BCUT2D eigenvalue weighted by molar-refractivity contribution is 9.10. The molecule has 0 bridgehead atoms. The number of methoxy groups -OCH3 is 1. The molecule has 152 valence electrons. The topological polar surface area (TPSA) is 58.6 Å². The van der Waals surface area contributed by atoms with E-state index in [-0.39, 0.29) is 10.9 Å². The Morgan fingerprint density at radius 3 is 2.39 bits per heavy atom. The van der Waals surface area contributed by atoms with E-state index in [9.17, 15) is 8.42 Å². The molecule has 28 heavy (non-hydrogen) atoms. The molecule has 0 radical (unpaired) electrons. The molecule has 0 unspecified atom stereocenters. The lowest BCUT2D eigenvalue weighted by molar-refractivity contribution is 0.402. The summed E-state index contributed by atoms with van der Waals surface area (Å²) < 4.78 is 34.4. The number of halogens is 1. The summed E-state index contributed by atoms with van der Waals surface area (Å²) in [7, 11) is -2.26. The predicted octanol–water partition coefficient (Wildman–Crippen LogP) is 4.73. The van der Waals surface area contributed by atoms with E-state index in [4.69, 9.17) is 4.74 Å². The number of hydrogen-bond acceptors (Lipinski definition) is 4. The fourth-order valence-electron chi connectivity index (χ4n) is 3.47. The molecule has 1 heterocycles. The van der Waals surface area contributed by atoms with Crippen LogP contribution in [0.25, 0.3) is 0 Å². The van der Waals surface area contributed by atoms with Gasteiger partial charge in [0, 0.05) is 29.3 Å². The molecule has 2 aromatic rings. The minimum Gasteiger partial charge on any atom is -0.495 e. The van der Waals surface area contributed by atoms with Crippen molar-refractivity contribution in [3.8, 4) is 5.75 Å². The molecule has 5 nitrogen and oxygen atoms in total. The quantitative estimate of drug-likeness (QED) is 0.667. The van der Waals surface area contributed by atoms with Gasteiger partial charge in [0.25, 0.3) is 0 Å². The van der Waals surface area contributed by atoms with Gasteiger partial charge in [-0.15, -0.1) is 0 Å². The Kier molecular flexibility index (Phi) is 6.68. The summed E-state index contributed by atoms with van der Waals surface area (Å²) in [5, 5.41) is 0. The minimum absolute atomic E-state index is 0.121. The molecule has 1 N–H and O–H groups in total. The fourth-order valence-corrected chi connectivity index (χ4v) is 5.40. The summed E-state index contributed by atoms with van der Waals surface area (Å²) in [6, 6.07) is 12.7. The number of sulfonamides is 1. The normalized spacial score (nSPS) is 16.8. The Labute approximate surface area is 176 Å². The second-order valence-electron chi connectivity index (χ2n) is 7.40. The number of benzene rings is 2. The van der Waals surface area contributed by atoms with Crippen molar-refractivity contribution in [3.05, 3.63) is 52.5 Å². The van der Waals surface area contributed by atoms with Gasteiger partial charge in [0.15, 0.2) is 0 Å². The van der Waals surface area contributed by atoms with E-state index >= 15 is 0 Å². The first-order chi connectivity index (χ1) is 13.3. The first kappa shape index (κ1) is 21.1. The Balaban J connectivity index is 1.74. The molecule has 0 saturated carbocycles. The molecule has 0 amide bonds. The largest absolute Gasteiger partial charge is 0.495 e. The van der Waals surface area contributed by atoms with Crippen LogP contribution < -0.4 is 14.4 Å². The Morgan fingerprint density at radius 1 is 1.14 bits per heavy atom. The van der Waals surface area contributed by atoms with Gasteiger partial charge in [-0.1, -0.05) is 35.0 Å². The van der Waals surface area contributed by atoms with Crippen LogP contribution in [0.15, 0.2) is 51.8 Å². The smallest absolute Gasteiger partial charge is 0.244 e. The average Bonchev–Trinajstić information content (AvgIpc) is 2.68. The van der Waals surface area contributed by atoms with E-state index in [0.717, 1.165) is 24.6 Å². The minimum atomic E-state index is -3.73. The lowest BCUT2D eigenvalue weighted by atomic mass is 9.98. The summed E-state index contributed by atoms with van der Waals surface area (Å²) in [4.78, 5) is 2.51. The van der Waals surface area contributed by atoms with Crippen molar-refractivity contribution >= 4 is 31.6 Å². The second-order valence-corrected chi connectivity index (χ2v) is 10.00. The van der Waals surface area contributed by atoms with Crippen molar-refractivity contribution in [3.63, 3.8) is 0 Å². The second kappa shape index (κ2) is 8.84. The van der Waals surface area contributed by atoms with Crippen LogP contribution >= 0.6 is 15.9 Å². The van der Waals surface area contributed by atoms with Gasteiger partial charge in [-0.3, -0.25) is 0 Å². The summed E-state index contributed by atoms with van der Waals surface area (Å²) in [6.45, 7) is 6.30. The monoisotopic (exact) mass is 466 g/mol. The number of nitrogens with one attached hydrogen (secondary N) is 1. The number of hydrogen-bond donors (Lipinski definition) is 1. The number of anilines is 1. The summed E-state index contributed by atoms with van der Waals surface area (Å²) in [5.74, 6) is 1.11. The molecule has 7 heteroatoms. The summed E-state index contributed by atoms with van der Waals surface area (Å²) in [5.41, 5.74) is 2.12. The van der Waals surface area contributed by atoms with Crippen LogP contribution in [0.5, 0.6) is 5.75 Å². The van der Waals surface area contributed by atoms with E-state index in [1.54, 1.807) is 18.2 Å².